The van der Waals surface area contributed by atoms with E-state index >= 15 is 0 Å². The molecule has 1 aliphatic rings. The van der Waals surface area contributed by atoms with Crippen LogP contribution in [-0.4, -0.2) is 36.7 Å². The predicted octanol–water partition coefficient (Wildman–Crippen LogP) is 3.73. The molecule has 3 heterocycles. The summed E-state index contributed by atoms with van der Waals surface area (Å²) in [5.41, 5.74) is 1.12. The van der Waals surface area contributed by atoms with Gasteiger partial charge in [-0.3, -0.25) is 9.36 Å². The van der Waals surface area contributed by atoms with Gasteiger partial charge in [0.05, 0.1) is 24.0 Å². The molecule has 3 aromatic rings. The molecule has 30 heavy (non-hydrogen) atoms. The second-order valence-corrected chi connectivity index (χ2v) is 8.72. The van der Waals surface area contributed by atoms with Gasteiger partial charge >= 0.3 is 0 Å². The molecule has 1 N–H and O–H groups in total. The molecule has 0 aliphatic carbocycles. The lowest BCUT2D eigenvalue weighted by Gasteiger charge is -2.45. The fraction of sp³-hybridized carbons (Fsp3) is 0.333. The van der Waals surface area contributed by atoms with Crippen molar-refractivity contribution in [2.75, 3.05) is 11.4 Å². The van der Waals surface area contributed by atoms with Crippen LogP contribution in [0.3, 0.4) is 0 Å². The summed E-state index contributed by atoms with van der Waals surface area (Å²) in [6, 6.07) is 8.20. The topological polar surface area (TPSA) is 84.1 Å². The Morgan fingerprint density at radius 1 is 1.20 bits per heavy atom. The number of nitrogens with zero attached hydrogens (tertiary/aromatic N) is 5. The van der Waals surface area contributed by atoms with E-state index in [0.29, 0.717) is 39.5 Å². The Bertz CT molecular complexity index is 1130. The molecule has 4 rings (SSSR count). The highest BCUT2D eigenvalue weighted by molar-refractivity contribution is 6.35. The van der Waals surface area contributed by atoms with Crippen molar-refractivity contribution >= 4 is 29.2 Å². The Labute approximate surface area is 184 Å². The summed E-state index contributed by atoms with van der Waals surface area (Å²) in [6.45, 7) is 4.90. The Hall–Kier alpha value is -2.48. The van der Waals surface area contributed by atoms with Crippen molar-refractivity contribution < 1.29 is 5.11 Å². The molecule has 0 bridgehead atoms. The van der Waals surface area contributed by atoms with E-state index in [2.05, 4.69) is 23.8 Å². The lowest BCUT2D eigenvalue weighted by molar-refractivity contribution is 0.169. The van der Waals surface area contributed by atoms with Crippen molar-refractivity contribution in [2.24, 2.45) is 0 Å². The van der Waals surface area contributed by atoms with E-state index in [1.54, 1.807) is 35.0 Å². The van der Waals surface area contributed by atoms with Crippen LogP contribution in [0.5, 0.6) is 0 Å². The molecular formula is C21H21Cl2N5O2. The summed E-state index contributed by atoms with van der Waals surface area (Å²) < 4.78 is 1.63. The summed E-state index contributed by atoms with van der Waals surface area (Å²) in [5, 5.41) is 11.8. The second-order valence-electron chi connectivity index (χ2n) is 7.88. The van der Waals surface area contributed by atoms with Gasteiger partial charge in [0.15, 0.2) is 0 Å². The van der Waals surface area contributed by atoms with Crippen LogP contribution >= 0.6 is 23.2 Å². The van der Waals surface area contributed by atoms with Gasteiger partial charge < -0.3 is 10.0 Å². The van der Waals surface area contributed by atoms with Crippen molar-refractivity contribution in [3.05, 3.63) is 68.8 Å². The maximum Gasteiger partial charge on any atom is 0.255 e. The third-order valence-electron chi connectivity index (χ3n) is 5.43. The maximum atomic E-state index is 12.8. The van der Waals surface area contributed by atoms with Gasteiger partial charge in [0.2, 0.25) is 5.95 Å². The number of hydrogen-bond acceptors (Lipinski definition) is 6. The van der Waals surface area contributed by atoms with Crippen LogP contribution in [0, 0.1) is 0 Å². The van der Waals surface area contributed by atoms with Gasteiger partial charge in [-0.1, -0.05) is 29.3 Å². The maximum absolute atomic E-state index is 12.8. The van der Waals surface area contributed by atoms with E-state index in [4.69, 9.17) is 28.2 Å². The number of anilines is 1. The number of aliphatic hydroxyl groups is 1. The number of aliphatic hydroxyl groups excluding tert-OH is 1. The standard InChI is InChI=1S/C21H21Cl2N5O2/c1-21(2)6-8-27-19(30)10-17(16-5-7-24-12-25-16)26-20(27)28(21)11-18(29)14-4-3-13(22)9-15(14)23/h3-5,7,9-10,12,18,29H,6,8,11H2,1-2H3. The highest BCUT2D eigenvalue weighted by atomic mass is 35.5. The fourth-order valence-corrected chi connectivity index (χ4v) is 4.18. The number of rotatable bonds is 4. The van der Waals surface area contributed by atoms with E-state index in [0.717, 1.165) is 6.42 Å². The monoisotopic (exact) mass is 445 g/mol. The first kappa shape index (κ1) is 20.8. The molecule has 0 saturated carbocycles. The molecule has 0 amide bonds. The molecule has 2 aromatic heterocycles. The zero-order chi connectivity index (χ0) is 21.5. The number of aromatic nitrogens is 4. The zero-order valence-corrected chi connectivity index (χ0v) is 18.1. The Morgan fingerprint density at radius 2 is 2.00 bits per heavy atom. The Balaban J connectivity index is 1.76. The van der Waals surface area contributed by atoms with Crippen molar-refractivity contribution in [2.45, 2.75) is 38.5 Å². The Morgan fingerprint density at radius 3 is 2.70 bits per heavy atom. The fourth-order valence-electron chi connectivity index (χ4n) is 3.65. The van der Waals surface area contributed by atoms with E-state index in [1.165, 1.54) is 12.4 Å². The van der Waals surface area contributed by atoms with Crippen LogP contribution in [-0.2, 0) is 6.54 Å². The number of hydrogen-bond donors (Lipinski definition) is 1. The highest BCUT2D eigenvalue weighted by Gasteiger charge is 2.36. The number of halogens is 2. The molecule has 1 aromatic carbocycles. The van der Waals surface area contributed by atoms with Crippen molar-refractivity contribution in [3.63, 3.8) is 0 Å². The van der Waals surface area contributed by atoms with E-state index in [9.17, 15) is 9.90 Å². The van der Waals surface area contributed by atoms with Gasteiger partial charge in [-0.15, -0.1) is 0 Å². The zero-order valence-electron chi connectivity index (χ0n) is 16.6. The van der Waals surface area contributed by atoms with Gasteiger partial charge in [0.1, 0.15) is 6.33 Å². The van der Waals surface area contributed by atoms with Gasteiger partial charge in [0.25, 0.3) is 5.56 Å². The lowest BCUT2D eigenvalue weighted by Crippen LogP contribution is -2.53. The van der Waals surface area contributed by atoms with Crippen molar-refractivity contribution in [3.8, 4) is 11.4 Å². The number of β-amino-alcohol motifs (C(OH)–C–C–N with tert-alkyl or cyclic N) is 1. The highest BCUT2D eigenvalue weighted by Crippen LogP contribution is 2.34. The van der Waals surface area contributed by atoms with Crippen LogP contribution in [0.4, 0.5) is 5.95 Å². The lowest BCUT2D eigenvalue weighted by atomic mass is 9.95. The van der Waals surface area contributed by atoms with Gasteiger partial charge in [-0.2, -0.15) is 0 Å². The Kier molecular flexibility index (Phi) is 5.53. The summed E-state index contributed by atoms with van der Waals surface area (Å²) in [5.74, 6) is 0.497. The molecule has 0 fully saturated rings. The first-order chi connectivity index (χ1) is 14.3. The average Bonchev–Trinajstić information content (AvgIpc) is 2.70. The van der Waals surface area contributed by atoms with Gasteiger partial charge in [-0.05, 0) is 38.5 Å². The first-order valence-corrected chi connectivity index (χ1v) is 10.3. The molecule has 1 atom stereocenters. The molecule has 156 valence electrons. The minimum atomic E-state index is -0.889. The SMILES string of the molecule is CC1(C)CCn2c(nc(-c3ccncn3)cc2=O)N1CC(O)c1ccc(Cl)cc1Cl. The van der Waals surface area contributed by atoms with Gasteiger partial charge in [-0.25, -0.2) is 15.0 Å². The minimum absolute atomic E-state index is 0.159. The average molecular weight is 446 g/mol. The molecule has 1 aliphatic heterocycles. The third kappa shape index (κ3) is 3.93. The summed E-state index contributed by atoms with van der Waals surface area (Å²) in [6.07, 6.45) is 2.87. The summed E-state index contributed by atoms with van der Waals surface area (Å²) >= 11 is 12.3. The molecule has 7 nitrogen and oxygen atoms in total. The summed E-state index contributed by atoms with van der Waals surface area (Å²) in [7, 11) is 0. The normalized spacial score (nSPS) is 16.2. The second kappa shape index (κ2) is 7.98. The van der Waals surface area contributed by atoms with Crippen LogP contribution in [0.2, 0.25) is 10.0 Å². The van der Waals surface area contributed by atoms with Crippen LogP contribution < -0.4 is 10.5 Å². The van der Waals surface area contributed by atoms with Crippen LogP contribution in [0.1, 0.15) is 31.9 Å². The molecule has 0 spiro atoms. The molecule has 9 heteroatoms. The minimum Gasteiger partial charge on any atom is -0.387 e. The smallest absolute Gasteiger partial charge is 0.255 e. The van der Waals surface area contributed by atoms with Crippen molar-refractivity contribution in [1.82, 2.24) is 19.5 Å². The molecular weight excluding hydrogens is 425 g/mol. The van der Waals surface area contributed by atoms with E-state index in [-0.39, 0.29) is 17.6 Å². The van der Waals surface area contributed by atoms with Gasteiger partial charge in [0, 0.05) is 40.0 Å². The third-order valence-corrected chi connectivity index (χ3v) is 5.99. The first-order valence-electron chi connectivity index (χ1n) is 9.55. The van der Waals surface area contributed by atoms with Crippen LogP contribution in [0.25, 0.3) is 11.4 Å². The molecule has 0 saturated heterocycles. The quantitative estimate of drug-likeness (QED) is 0.658. The molecule has 1 unspecified atom stereocenters. The predicted molar refractivity (Wildman–Crippen MR) is 117 cm³/mol. The number of fused-ring (bicyclic) bond motifs is 1. The van der Waals surface area contributed by atoms with Crippen LogP contribution in [0.15, 0.2) is 47.7 Å². The van der Waals surface area contributed by atoms with E-state index < -0.39 is 6.10 Å². The van der Waals surface area contributed by atoms with E-state index in [1.807, 2.05) is 4.90 Å². The largest absolute Gasteiger partial charge is 0.387 e. The number of benzene rings is 1. The van der Waals surface area contributed by atoms with Crippen molar-refractivity contribution in [1.29, 1.82) is 0 Å². The molecule has 0 radical (unpaired) electrons. The summed E-state index contributed by atoms with van der Waals surface area (Å²) in [4.78, 5) is 27.6.